The van der Waals surface area contributed by atoms with Crippen molar-refractivity contribution in [3.63, 3.8) is 0 Å². The van der Waals surface area contributed by atoms with Crippen LogP contribution in [-0.4, -0.2) is 24.5 Å². The van der Waals surface area contributed by atoms with Crippen LogP contribution < -0.4 is 5.32 Å². The van der Waals surface area contributed by atoms with E-state index in [9.17, 15) is 0 Å². The van der Waals surface area contributed by atoms with Gasteiger partial charge in [0.05, 0.1) is 13.1 Å². The van der Waals surface area contributed by atoms with Crippen molar-refractivity contribution in [1.29, 1.82) is 0 Å². The third kappa shape index (κ3) is 3.15. The Bertz CT molecular complexity index is 376. The van der Waals surface area contributed by atoms with Crippen LogP contribution in [0.2, 0.25) is 0 Å². The van der Waals surface area contributed by atoms with Gasteiger partial charge in [-0.25, -0.2) is 0 Å². The van der Waals surface area contributed by atoms with E-state index in [-0.39, 0.29) is 0 Å². The van der Waals surface area contributed by atoms with E-state index < -0.39 is 0 Å². The molecular weight excluding hydrogens is 224 g/mol. The highest BCUT2D eigenvalue weighted by molar-refractivity contribution is 5.20. The summed E-state index contributed by atoms with van der Waals surface area (Å²) in [5.41, 5.74) is 1.27. The summed E-state index contributed by atoms with van der Waals surface area (Å²) in [7, 11) is 0. The lowest BCUT2D eigenvalue weighted by atomic mass is 10.0. The second-order valence-electron chi connectivity index (χ2n) is 5.75. The van der Waals surface area contributed by atoms with Crippen LogP contribution in [0, 0.1) is 18.8 Å². The molecule has 0 aromatic carbocycles. The summed E-state index contributed by atoms with van der Waals surface area (Å²) in [6.45, 7) is 14.1. The number of nitrogens with one attached hydrogen (secondary N) is 1. The van der Waals surface area contributed by atoms with Gasteiger partial charge in [0, 0.05) is 13.1 Å². The van der Waals surface area contributed by atoms with Gasteiger partial charge in [0.2, 0.25) is 0 Å². The molecule has 0 radical (unpaired) electrons. The minimum atomic E-state index is 0.808. The Morgan fingerprint density at radius 1 is 1.33 bits per heavy atom. The van der Waals surface area contributed by atoms with E-state index in [0.29, 0.717) is 0 Å². The van der Waals surface area contributed by atoms with Crippen LogP contribution in [0.5, 0.6) is 0 Å². The Morgan fingerprint density at radius 3 is 2.61 bits per heavy atom. The lowest BCUT2D eigenvalue weighted by Gasteiger charge is -2.13. The average Bonchev–Trinajstić information content (AvgIpc) is 2.81. The second kappa shape index (κ2) is 5.89. The molecule has 1 aliphatic heterocycles. The summed E-state index contributed by atoms with van der Waals surface area (Å²) in [5, 5.41) is 3.32. The summed E-state index contributed by atoms with van der Waals surface area (Å²) in [5.74, 6) is 3.82. The van der Waals surface area contributed by atoms with Gasteiger partial charge in [0.15, 0.2) is 0 Å². The van der Waals surface area contributed by atoms with E-state index in [1.807, 2.05) is 0 Å². The highest BCUT2D eigenvalue weighted by Gasteiger charge is 2.26. The SMILES string of the molecule is CCNCc1oc(CN2CC(C)C(C)C2)cc1C. The lowest BCUT2D eigenvalue weighted by Crippen LogP contribution is -2.19. The zero-order chi connectivity index (χ0) is 13.1. The van der Waals surface area contributed by atoms with Crippen molar-refractivity contribution in [1.82, 2.24) is 10.2 Å². The first-order valence-electron chi connectivity index (χ1n) is 7.11. The lowest BCUT2D eigenvalue weighted by molar-refractivity contribution is 0.280. The fourth-order valence-corrected chi connectivity index (χ4v) is 2.68. The molecule has 3 heteroatoms. The zero-order valence-electron chi connectivity index (χ0n) is 12.1. The van der Waals surface area contributed by atoms with Gasteiger partial charge in [0.25, 0.3) is 0 Å². The maximum Gasteiger partial charge on any atom is 0.120 e. The third-order valence-corrected chi connectivity index (χ3v) is 4.05. The molecule has 0 saturated carbocycles. The van der Waals surface area contributed by atoms with Gasteiger partial charge in [-0.15, -0.1) is 0 Å². The van der Waals surface area contributed by atoms with E-state index in [0.717, 1.165) is 43.0 Å². The van der Waals surface area contributed by atoms with Crippen LogP contribution in [0.1, 0.15) is 37.9 Å². The topological polar surface area (TPSA) is 28.4 Å². The third-order valence-electron chi connectivity index (χ3n) is 4.05. The number of likely N-dealkylation sites (tertiary alicyclic amines) is 1. The predicted molar refractivity (Wildman–Crippen MR) is 74.4 cm³/mol. The van der Waals surface area contributed by atoms with E-state index in [1.165, 1.54) is 18.7 Å². The van der Waals surface area contributed by atoms with Crippen molar-refractivity contribution in [2.75, 3.05) is 19.6 Å². The maximum atomic E-state index is 5.94. The van der Waals surface area contributed by atoms with Crippen LogP contribution in [0.25, 0.3) is 0 Å². The Labute approximate surface area is 111 Å². The van der Waals surface area contributed by atoms with Crippen molar-refractivity contribution in [2.45, 2.75) is 40.8 Å². The van der Waals surface area contributed by atoms with Gasteiger partial charge in [-0.2, -0.15) is 0 Å². The molecule has 0 bridgehead atoms. The Balaban J connectivity index is 1.94. The molecular formula is C15H26N2O. The van der Waals surface area contributed by atoms with E-state index in [4.69, 9.17) is 4.42 Å². The fourth-order valence-electron chi connectivity index (χ4n) is 2.68. The van der Waals surface area contributed by atoms with Crippen molar-refractivity contribution >= 4 is 0 Å². The summed E-state index contributed by atoms with van der Waals surface area (Å²) >= 11 is 0. The minimum absolute atomic E-state index is 0.808. The molecule has 3 nitrogen and oxygen atoms in total. The van der Waals surface area contributed by atoms with Crippen LogP contribution in [0.3, 0.4) is 0 Å². The molecule has 102 valence electrons. The molecule has 2 unspecified atom stereocenters. The van der Waals surface area contributed by atoms with Crippen molar-refractivity contribution in [2.24, 2.45) is 11.8 Å². The van der Waals surface area contributed by atoms with Crippen molar-refractivity contribution in [3.8, 4) is 0 Å². The van der Waals surface area contributed by atoms with Gasteiger partial charge in [-0.05, 0) is 36.9 Å². The molecule has 1 aromatic rings. The summed E-state index contributed by atoms with van der Waals surface area (Å²) in [4.78, 5) is 2.50. The average molecular weight is 250 g/mol. The summed E-state index contributed by atoms with van der Waals surface area (Å²) < 4.78 is 5.94. The van der Waals surface area contributed by atoms with E-state index in [2.05, 4.69) is 44.0 Å². The largest absolute Gasteiger partial charge is 0.463 e. The Kier molecular flexibility index (Phi) is 4.46. The van der Waals surface area contributed by atoms with Gasteiger partial charge in [0.1, 0.15) is 11.5 Å². The van der Waals surface area contributed by atoms with Crippen molar-refractivity contribution in [3.05, 3.63) is 23.2 Å². The molecule has 18 heavy (non-hydrogen) atoms. The van der Waals surface area contributed by atoms with E-state index in [1.54, 1.807) is 0 Å². The number of rotatable bonds is 5. The zero-order valence-corrected chi connectivity index (χ0v) is 12.1. The number of hydrogen-bond acceptors (Lipinski definition) is 3. The standard InChI is InChI=1S/C15H26N2O/c1-5-16-7-15-11(2)6-14(18-15)10-17-8-12(3)13(4)9-17/h6,12-13,16H,5,7-10H2,1-4H3. The van der Waals surface area contributed by atoms with Gasteiger partial charge < -0.3 is 9.73 Å². The predicted octanol–water partition coefficient (Wildman–Crippen LogP) is 2.79. The molecule has 1 fully saturated rings. The quantitative estimate of drug-likeness (QED) is 0.871. The molecule has 2 heterocycles. The molecule has 1 saturated heterocycles. The molecule has 0 amide bonds. The molecule has 2 rings (SSSR count). The minimum Gasteiger partial charge on any atom is -0.463 e. The molecule has 1 aromatic heterocycles. The number of furan rings is 1. The van der Waals surface area contributed by atoms with Crippen LogP contribution >= 0.6 is 0 Å². The Morgan fingerprint density at radius 2 is 2.00 bits per heavy atom. The van der Waals surface area contributed by atoms with E-state index >= 15 is 0 Å². The monoisotopic (exact) mass is 250 g/mol. The summed E-state index contributed by atoms with van der Waals surface area (Å²) in [6, 6.07) is 2.19. The summed E-state index contributed by atoms with van der Waals surface area (Å²) in [6.07, 6.45) is 0. The van der Waals surface area contributed by atoms with Crippen LogP contribution in [-0.2, 0) is 13.1 Å². The Hall–Kier alpha value is -0.800. The fraction of sp³-hybridized carbons (Fsp3) is 0.733. The van der Waals surface area contributed by atoms with Gasteiger partial charge in [-0.1, -0.05) is 20.8 Å². The highest BCUT2D eigenvalue weighted by Crippen LogP contribution is 2.25. The molecule has 1 aliphatic rings. The van der Waals surface area contributed by atoms with Crippen LogP contribution in [0.4, 0.5) is 0 Å². The number of nitrogens with zero attached hydrogens (tertiary/aromatic N) is 1. The first-order valence-corrected chi connectivity index (χ1v) is 7.11. The molecule has 0 aliphatic carbocycles. The van der Waals surface area contributed by atoms with Crippen LogP contribution in [0.15, 0.2) is 10.5 Å². The number of aryl methyl sites for hydroxylation is 1. The molecule has 0 spiro atoms. The van der Waals surface area contributed by atoms with Gasteiger partial charge in [-0.3, -0.25) is 4.90 Å². The van der Waals surface area contributed by atoms with Crippen molar-refractivity contribution < 1.29 is 4.42 Å². The number of hydrogen-bond donors (Lipinski definition) is 1. The maximum absolute atomic E-state index is 5.94. The normalized spacial score (nSPS) is 24.9. The smallest absolute Gasteiger partial charge is 0.120 e. The molecule has 1 N–H and O–H groups in total. The second-order valence-corrected chi connectivity index (χ2v) is 5.75. The first kappa shape index (κ1) is 13.6. The first-order chi connectivity index (χ1) is 8.60. The molecule has 2 atom stereocenters. The van der Waals surface area contributed by atoms with Gasteiger partial charge >= 0.3 is 0 Å². The highest BCUT2D eigenvalue weighted by atomic mass is 16.3.